The molecule has 0 saturated heterocycles. The normalized spacial score (nSPS) is 11.0. The maximum absolute atomic E-state index is 8.46. The molecule has 13 heavy (non-hydrogen) atoms. The second-order valence-electron chi connectivity index (χ2n) is 3.89. The van der Waals surface area contributed by atoms with E-state index in [1.54, 1.807) is 0 Å². The molecule has 0 aliphatic carbocycles. The molecule has 0 aromatic heterocycles. The third-order valence-corrected chi connectivity index (χ3v) is 2.42. The molecule has 76 valence electrons. The lowest BCUT2D eigenvalue weighted by molar-refractivity contribution is 0.374. The van der Waals surface area contributed by atoms with E-state index in [0.29, 0.717) is 0 Å². The first kappa shape index (κ1) is 12.3. The second-order valence-corrected chi connectivity index (χ2v) is 3.89. The maximum atomic E-state index is 8.46. The van der Waals surface area contributed by atoms with Crippen molar-refractivity contribution in [1.82, 2.24) is 0 Å². The molecule has 0 aromatic rings. The van der Waals surface area contributed by atoms with Crippen LogP contribution in [0.1, 0.15) is 59.3 Å². The highest BCUT2D eigenvalue weighted by Gasteiger charge is 2.20. The predicted molar refractivity (Wildman–Crippen MR) is 56.6 cm³/mol. The highest BCUT2D eigenvalue weighted by atomic mass is 15.2. The molecule has 0 fully saturated rings. The van der Waals surface area contributed by atoms with Crippen LogP contribution < -0.4 is 0 Å². The Morgan fingerprint density at radius 1 is 1.15 bits per heavy atom. The minimum absolute atomic E-state index is 0.138. The van der Waals surface area contributed by atoms with E-state index in [2.05, 4.69) is 30.8 Å². The van der Waals surface area contributed by atoms with Gasteiger partial charge in [-0.05, 0) is 18.4 Å². The summed E-state index contributed by atoms with van der Waals surface area (Å²) in [4.78, 5) is 2.94. The van der Waals surface area contributed by atoms with Gasteiger partial charge in [-0.15, -0.1) is 0 Å². The fourth-order valence-electron chi connectivity index (χ4n) is 1.45. The van der Waals surface area contributed by atoms with Crippen molar-refractivity contribution in [2.45, 2.75) is 64.8 Å². The Hall–Kier alpha value is -0.690. The van der Waals surface area contributed by atoms with E-state index in [0.717, 1.165) is 25.7 Å². The molecular weight excluding hydrogens is 162 g/mol. The highest BCUT2D eigenvalue weighted by Crippen LogP contribution is 2.25. The maximum Gasteiger partial charge on any atom is 0.0460 e. The smallest absolute Gasteiger partial charge is 0.0460 e. The average molecular weight is 183 g/mol. The predicted octanol–water partition coefficient (Wildman–Crippen LogP) is 4.44. The van der Waals surface area contributed by atoms with Crippen molar-refractivity contribution in [1.29, 1.82) is 0 Å². The van der Waals surface area contributed by atoms with Crippen LogP contribution in [0.3, 0.4) is 0 Å². The zero-order valence-electron chi connectivity index (χ0n) is 9.08. The molecule has 3 nitrogen and oxygen atoms in total. The van der Waals surface area contributed by atoms with Gasteiger partial charge >= 0.3 is 0 Å². The molecular formula is C10H21N3. The first-order valence-electron chi connectivity index (χ1n) is 5.24. The molecule has 0 atom stereocenters. The number of hydrogen-bond acceptors (Lipinski definition) is 1. The van der Waals surface area contributed by atoms with E-state index in [1.165, 1.54) is 12.8 Å². The van der Waals surface area contributed by atoms with Crippen LogP contribution in [0.4, 0.5) is 0 Å². The second kappa shape index (κ2) is 6.79. The Morgan fingerprint density at radius 2 is 1.62 bits per heavy atom. The van der Waals surface area contributed by atoms with Crippen molar-refractivity contribution in [3.8, 4) is 0 Å². The minimum atomic E-state index is -0.138. The summed E-state index contributed by atoms with van der Waals surface area (Å²) in [5.74, 6) is 0. The van der Waals surface area contributed by atoms with Gasteiger partial charge in [0, 0.05) is 10.5 Å². The van der Waals surface area contributed by atoms with Gasteiger partial charge in [0.25, 0.3) is 0 Å². The Bertz CT molecular complexity index is 163. The monoisotopic (exact) mass is 183 g/mol. The van der Waals surface area contributed by atoms with Gasteiger partial charge < -0.3 is 0 Å². The van der Waals surface area contributed by atoms with Gasteiger partial charge in [-0.1, -0.05) is 51.6 Å². The first-order chi connectivity index (χ1) is 6.18. The van der Waals surface area contributed by atoms with E-state index in [4.69, 9.17) is 5.53 Å². The van der Waals surface area contributed by atoms with E-state index in [1.807, 2.05) is 0 Å². The Labute approximate surface area is 81.2 Å². The van der Waals surface area contributed by atoms with Crippen LogP contribution in [0.25, 0.3) is 10.4 Å². The summed E-state index contributed by atoms with van der Waals surface area (Å²) in [6, 6.07) is 0. The number of hydrogen-bond donors (Lipinski definition) is 0. The molecule has 0 spiro atoms. The molecule has 0 aromatic carbocycles. The van der Waals surface area contributed by atoms with Crippen molar-refractivity contribution in [3.63, 3.8) is 0 Å². The summed E-state index contributed by atoms with van der Waals surface area (Å²) >= 11 is 0. The lowest BCUT2D eigenvalue weighted by Crippen LogP contribution is -2.20. The topological polar surface area (TPSA) is 48.8 Å². The van der Waals surface area contributed by atoms with Crippen molar-refractivity contribution >= 4 is 0 Å². The molecule has 3 heteroatoms. The van der Waals surface area contributed by atoms with Crippen molar-refractivity contribution in [2.75, 3.05) is 0 Å². The van der Waals surface area contributed by atoms with Crippen molar-refractivity contribution < 1.29 is 0 Å². The van der Waals surface area contributed by atoms with Crippen LogP contribution in [0.5, 0.6) is 0 Å². The van der Waals surface area contributed by atoms with Crippen LogP contribution in [0, 0.1) is 0 Å². The SMILES string of the molecule is CCCCC(C)(CCCC)N=[N+]=[N-]. The number of azide groups is 1. The molecule has 0 unspecified atom stereocenters. The van der Waals surface area contributed by atoms with Crippen LogP contribution in [-0.2, 0) is 0 Å². The summed E-state index contributed by atoms with van der Waals surface area (Å²) in [7, 11) is 0. The Morgan fingerprint density at radius 3 is 1.92 bits per heavy atom. The average Bonchev–Trinajstić information content (AvgIpc) is 2.12. The van der Waals surface area contributed by atoms with Gasteiger partial charge in [0.1, 0.15) is 0 Å². The molecule has 0 rings (SSSR count). The molecule has 0 N–H and O–H groups in total. The molecule has 0 amide bonds. The van der Waals surface area contributed by atoms with Gasteiger partial charge in [-0.25, -0.2) is 0 Å². The molecule has 0 heterocycles. The van der Waals surface area contributed by atoms with Gasteiger partial charge in [-0.2, -0.15) is 0 Å². The van der Waals surface area contributed by atoms with Crippen molar-refractivity contribution in [2.24, 2.45) is 5.11 Å². The van der Waals surface area contributed by atoms with Crippen LogP contribution in [0.15, 0.2) is 5.11 Å². The largest absolute Gasteiger partial charge is 0.0876 e. The number of nitrogens with zero attached hydrogens (tertiary/aromatic N) is 3. The summed E-state index contributed by atoms with van der Waals surface area (Å²) in [5.41, 5.74) is 8.32. The fourth-order valence-corrected chi connectivity index (χ4v) is 1.45. The summed E-state index contributed by atoms with van der Waals surface area (Å²) in [5, 5.41) is 3.91. The van der Waals surface area contributed by atoms with E-state index >= 15 is 0 Å². The molecule has 0 aliphatic heterocycles. The summed E-state index contributed by atoms with van der Waals surface area (Å²) < 4.78 is 0. The first-order valence-corrected chi connectivity index (χ1v) is 5.24. The van der Waals surface area contributed by atoms with Gasteiger partial charge in [0.05, 0.1) is 0 Å². The molecule has 0 bridgehead atoms. The zero-order chi connectivity index (χ0) is 10.2. The van der Waals surface area contributed by atoms with Crippen LogP contribution >= 0.6 is 0 Å². The number of unbranched alkanes of at least 4 members (excludes halogenated alkanes) is 2. The lowest BCUT2D eigenvalue weighted by atomic mass is 9.90. The molecule has 0 aliphatic rings. The van der Waals surface area contributed by atoms with Gasteiger partial charge in [0.15, 0.2) is 0 Å². The fraction of sp³-hybridized carbons (Fsp3) is 1.00. The molecule has 0 saturated carbocycles. The lowest BCUT2D eigenvalue weighted by Gasteiger charge is -2.23. The summed E-state index contributed by atoms with van der Waals surface area (Å²) in [6.45, 7) is 6.39. The zero-order valence-corrected chi connectivity index (χ0v) is 9.08. The van der Waals surface area contributed by atoms with Crippen LogP contribution in [-0.4, -0.2) is 5.54 Å². The Balaban J connectivity index is 4.07. The van der Waals surface area contributed by atoms with E-state index in [-0.39, 0.29) is 5.54 Å². The van der Waals surface area contributed by atoms with Crippen molar-refractivity contribution in [3.05, 3.63) is 10.4 Å². The van der Waals surface area contributed by atoms with E-state index < -0.39 is 0 Å². The Kier molecular flexibility index (Phi) is 6.43. The standard InChI is InChI=1S/C10H21N3/c1-4-6-8-10(3,12-13-11)9-7-5-2/h4-9H2,1-3H3. The molecule has 0 radical (unpaired) electrons. The van der Waals surface area contributed by atoms with Crippen LogP contribution in [0.2, 0.25) is 0 Å². The van der Waals surface area contributed by atoms with Gasteiger partial charge in [-0.3, -0.25) is 0 Å². The minimum Gasteiger partial charge on any atom is -0.0876 e. The van der Waals surface area contributed by atoms with E-state index in [9.17, 15) is 0 Å². The number of rotatable bonds is 7. The quantitative estimate of drug-likeness (QED) is 0.318. The summed E-state index contributed by atoms with van der Waals surface area (Å²) in [6.07, 6.45) is 6.69. The highest BCUT2D eigenvalue weighted by molar-refractivity contribution is 4.82. The third kappa shape index (κ3) is 5.53. The third-order valence-electron chi connectivity index (χ3n) is 2.42. The van der Waals surface area contributed by atoms with Gasteiger partial charge in [0.2, 0.25) is 0 Å².